The molecular weight excluding hydrogens is 292 g/mol. The number of sulfonamides is 1. The molecule has 0 radical (unpaired) electrons. The summed E-state index contributed by atoms with van der Waals surface area (Å²) in [5, 5.41) is 10.7. The first-order valence-corrected chi connectivity index (χ1v) is 8.48. The summed E-state index contributed by atoms with van der Waals surface area (Å²) in [5.74, 6) is 0. The van der Waals surface area contributed by atoms with Crippen molar-refractivity contribution < 1.29 is 8.42 Å². The first kappa shape index (κ1) is 14.7. The van der Waals surface area contributed by atoms with E-state index in [0.29, 0.717) is 12.1 Å². The molecule has 1 aromatic heterocycles. The zero-order valence-corrected chi connectivity index (χ0v) is 12.6. The van der Waals surface area contributed by atoms with Crippen molar-refractivity contribution in [3.63, 3.8) is 0 Å². The molecule has 104 valence electrons. The fourth-order valence-corrected chi connectivity index (χ4v) is 3.79. The molecule has 1 heterocycles. The van der Waals surface area contributed by atoms with Crippen LogP contribution in [0.2, 0.25) is 0 Å². The van der Waals surface area contributed by atoms with E-state index in [1.165, 1.54) is 24.3 Å². The van der Waals surface area contributed by atoms with Gasteiger partial charge in [0.15, 0.2) is 0 Å². The van der Waals surface area contributed by atoms with Gasteiger partial charge in [0.05, 0.1) is 16.5 Å². The maximum atomic E-state index is 12.1. The smallest absolute Gasteiger partial charge is 0.207 e. The van der Waals surface area contributed by atoms with Crippen LogP contribution in [-0.4, -0.2) is 8.42 Å². The normalized spacial score (nSPS) is 11.2. The minimum atomic E-state index is -3.54. The minimum Gasteiger partial charge on any atom is -0.207 e. The van der Waals surface area contributed by atoms with Crippen molar-refractivity contribution in [3.8, 4) is 6.07 Å². The highest BCUT2D eigenvalue weighted by Gasteiger charge is 2.14. The van der Waals surface area contributed by atoms with E-state index in [4.69, 9.17) is 5.26 Å². The number of nitrogens with one attached hydrogen (secondary N) is 1. The Morgan fingerprint density at radius 1 is 1.25 bits per heavy atom. The number of rotatable bonds is 5. The van der Waals surface area contributed by atoms with Gasteiger partial charge in [0, 0.05) is 11.4 Å². The first-order valence-electron chi connectivity index (χ1n) is 6.12. The van der Waals surface area contributed by atoms with Gasteiger partial charge in [0.2, 0.25) is 10.0 Å². The van der Waals surface area contributed by atoms with E-state index in [2.05, 4.69) is 4.72 Å². The lowest BCUT2D eigenvalue weighted by Crippen LogP contribution is -2.23. The van der Waals surface area contributed by atoms with Crippen LogP contribution >= 0.6 is 11.3 Å². The van der Waals surface area contributed by atoms with Crippen LogP contribution in [-0.2, 0) is 23.0 Å². The molecule has 0 saturated heterocycles. The fraction of sp³-hybridized carbons (Fsp3) is 0.214. The van der Waals surface area contributed by atoms with E-state index >= 15 is 0 Å². The Kier molecular flexibility index (Phi) is 4.55. The second-order valence-electron chi connectivity index (χ2n) is 4.18. The van der Waals surface area contributed by atoms with Crippen LogP contribution in [0.25, 0.3) is 0 Å². The monoisotopic (exact) mass is 306 g/mol. The van der Waals surface area contributed by atoms with Crippen LogP contribution in [0.3, 0.4) is 0 Å². The molecule has 0 aliphatic heterocycles. The van der Waals surface area contributed by atoms with Gasteiger partial charge in [0.25, 0.3) is 0 Å². The minimum absolute atomic E-state index is 0.172. The predicted octanol–water partition coefficient (Wildman–Crippen LogP) is 2.66. The number of nitrogens with zero attached hydrogens (tertiary/aromatic N) is 1. The van der Waals surface area contributed by atoms with E-state index in [-0.39, 0.29) is 4.90 Å². The topological polar surface area (TPSA) is 70.0 Å². The van der Waals surface area contributed by atoms with Crippen LogP contribution < -0.4 is 4.72 Å². The van der Waals surface area contributed by atoms with E-state index in [1.54, 1.807) is 11.3 Å². The largest absolute Gasteiger partial charge is 0.240 e. The summed E-state index contributed by atoms with van der Waals surface area (Å²) in [4.78, 5) is 1.20. The highest BCUT2D eigenvalue weighted by atomic mass is 32.2. The lowest BCUT2D eigenvalue weighted by Gasteiger charge is -2.07. The van der Waals surface area contributed by atoms with Gasteiger partial charge < -0.3 is 0 Å². The zero-order chi connectivity index (χ0) is 14.6. The number of hydrogen-bond donors (Lipinski definition) is 1. The molecule has 0 amide bonds. The summed E-state index contributed by atoms with van der Waals surface area (Å²) in [6.45, 7) is 2.34. The highest BCUT2D eigenvalue weighted by Crippen LogP contribution is 2.18. The van der Waals surface area contributed by atoms with Crippen molar-refractivity contribution >= 4 is 21.4 Å². The molecule has 2 aromatic rings. The van der Waals surface area contributed by atoms with Crippen molar-refractivity contribution in [1.82, 2.24) is 4.72 Å². The van der Waals surface area contributed by atoms with Gasteiger partial charge in [-0.25, -0.2) is 13.1 Å². The molecule has 4 nitrogen and oxygen atoms in total. The maximum Gasteiger partial charge on any atom is 0.240 e. The SMILES string of the molecule is CCc1ccsc1CNS(=O)(=O)c1ccc(C#N)cc1. The molecule has 1 aromatic carbocycles. The summed E-state index contributed by atoms with van der Waals surface area (Å²) >= 11 is 1.55. The number of nitriles is 1. The fourth-order valence-electron chi connectivity index (χ4n) is 1.79. The number of thiophene rings is 1. The molecule has 6 heteroatoms. The second kappa shape index (κ2) is 6.18. The van der Waals surface area contributed by atoms with Crippen LogP contribution in [0.1, 0.15) is 22.9 Å². The third-order valence-corrected chi connectivity index (χ3v) is 5.32. The molecular formula is C14H14N2O2S2. The average molecular weight is 306 g/mol. The number of hydrogen-bond acceptors (Lipinski definition) is 4. The Hall–Kier alpha value is -1.68. The zero-order valence-electron chi connectivity index (χ0n) is 11.0. The second-order valence-corrected chi connectivity index (χ2v) is 6.95. The van der Waals surface area contributed by atoms with Gasteiger partial charge in [0.1, 0.15) is 0 Å². The van der Waals surface area contributed by atoms with Gasteiger partial charge >= 0.3 is 0 Å². The van der Waals surface area contributed by atoms with E-state index in [1.807, 2.05) is 24.4 Å². The van der Waals surface area contributed by atoms with Crippen molar-refractivity contribution in [1.29, 1.82) is 5.26 Å². The van der Waals surface area contributed by atoms with Crippen LogP contribution in [0, 0.1) is 11.3 Å². The summed E-state index contributed by atoms with van der Waals surface area (Å²) < 4.78 is 26.9. The molecule has 2 rings (SSSR count). The highest BCUT2D eigenvalue weighted by molar-refractivity contribution is 7.89. The van der Waals surface area contributed by atoms with Crippen LogP contribution in [0.5, 0.6) is 0 Å². The standard InChI is InChI=1S/C14H14N2O2S2/c1-2-12-7-8-19-14(12)10-16-20(17,18)13-5-3-11(9-15)4-6-13/h3-8,16H,2,10H2,1H3. The first-order chi connectivity index (χ1) is 9.56. The molecule has 0 atom stereocenters. The molecule has 0 saturated carbocycles. The third kappa shape index (κ3) is 3.25. The Bertz CT molecular complexity index is 725. The van der Waals surface area contributed by atoms with Crippen molar-refractivity contribution in [2.75, 3.05) is 0 Å². The Morgan fingerprint density at radius 2 is 1.95 bits per heavy atom. The van der Waals surface area contributed by atoms with E-state index < -0.39 is 10.0 Å². The summed E-state index contributed by atoms with van der Waals surface area (Å²) in [6, 6.07) is 9.85. The van der Waals surface area contributed by atoms with Gasteiger partial charge in [-0.15, -0.1) is 11.3 Å². The Balaban J connectivity index is 2.13. The van der Waals surface area contributed by atoms with Gasteiger partial charge in [-0.2, -0.15) is 5.26 Å². The summed E-state index contributed by atoms with van der Waals surface area (Å²) in [5.41, 5.74) is 1.60. The quantitative estimate of drug-likeness (QED) is 0.923. The lowest BCUT2D eigenvalue weighted by molar-refractivity contribution is 0.581. The van der Waals surface area contributed by atoms with Gasteiger partial charge in [-0.1, -0.05) is 6.92 Å². The predicted molar refractivity (Wildman–Crippen MR) is 78.9 cm³/mol. The average Bonchev–Trinajstić information content (AvgIpc) is 2.93. The van der Waals surface area contributed by atoms with E-state index in [0.717, 1.165) is 16.9 Å². The van der Waals surface area contributed by atoms with Gasteiger partial charge in [-0.3, -0.25) is 0 Å². The van der Waals surface area contributed by atoms with Crippen LogP contribution in [0.15, 0.2) is 40.6 Å². The van der Waals surface area contributed by atoms with Crippen molar-refractivity contribution in [3.05, 3.63) is 51.7 Å². The summed E-state index contributed by atoms with van der Waals surface area (Å²) in [7, 11) is -3.54. The molecule has 1 N–H and O–H groups in total. The van der Waals surface area contributed by atoms with E-state index in [9.17, 15) is 8.42 Å². The molecule has 0 bridgehead atoms. The van der Waals surface area contributed by atoms with Gasteiger partial charge in [-0.05, 0) is 47.7 Å². The number of aryl methyl sites for hydroxylation is 1. The Morgan fingerprint density at radius 3 is 2.55 bits per heavy atom. The molecule has 0 aliphatic rings. The number of benzene rings is 1. The maximum absolute atomic E-state index is 12.1. The van der Waals surface area contributed by atoms with Crippen LogP contribution in [0.4, 0.5) is 0 Å². The molecule has 0 spiro atoms. The van der Waals surface area contributed by atoms with Crippen molar-refractivity contribution in [2.24, 2.45) is 0 Å². The Labute approximate surface area is 122 Å². The molecule has 20 heavy (non-hydrogen) atoms. The summed E-state index contributed by atoms with van der Waals surface area (Å²) in [6.07, 6.45) is 0.886. The third-order valence-electron chi connectivity index (χ3n) is 2.94. The molecule has 0 unspecified atom stereocenters. The van der Waals surface area contributed by atoms with Crippen molar-refractivity contribution in [2.45, 2.75) is 24.8 Å². The lowest BCUT2D eigenvalue weighted by atomic mass is 10.2. The molecule has 0 fully saturated rings. The molecule has 0 aliphatic carbocycles.